The van der Waals surface area contributed by atoms with Crippen molar-refractivity contribution in [1.29, 1.82) is 0 Å². The van der Waals surface area contributed by atoms with Gasteiger partial charge in [-0.05, 0) is 24.2 Å². The van der Waals surface area contributed by atoms with Gasteiger partial charge in [-0.15, -0.1) is 0 Å². The molecule has 1 N–H and O–H groups in total. The molecule has 2 aliphatic carbocycles. The van der Waals surface area contributed by atoms with Crippen LogP contribution in [0.15, 0.2) is 0 Å². The lowest BCUT2D eigenvalue weighted by molar-refractivity contribution is 0.0495. The summed E-state index contributed by atoms with van der Waals surface area (Å²) in [6, 6.07) is 0. The maximum Gasteiger partial charge on any atom is 0.171 e. The van der Waals surface area contributed by atoms with Gasteiger partial charge in [0.15, 0.2) is 17.3 Å². The largest absolute Gasteiger partial charge is 0.507 e. The van der Waals surface area contributed by atoms with E-state index in [4.69, 9.17) is 9.47 Å². The van der Waals surface area contributed by atoms with Gasteiger partial charge < -0.3 is 14.6 Å². The fourth-order valence-corrected chi connectivity index (χ4v) is 5.55. The molecule has 2 atom stereocenters. The van der Waals surface area contributed by atoms with E-state index in [1.807, 2.05) is 13.8 Å². The van der Waals surface area contributed by atoms with Gasteiger partial charge >= 0.3 is 0 Å². The number of hydrogen-bond acceptors (Lipinski definition) is 4. The highest BCUT2D eigenvalue weighted by Gasteiger charge is 2.59. The molecule has 1 aromatic rings. The summed E-state index contributed by atoms with van der Waals surface area (Å²) >= 11 is 0. The number of phenols is 1. The first-order chi connectivity index (χ1) is 11.6. The predicted octanol–water partition coefficient (Wildman–Crippen LogP) is 4.81. The Bertz CT molecular complexity index is 732. The van der Waals surface area contributed by atoms with Gasteiger partial charge in [0, 0.05) is 22.5 Å². The Kier molecular flexibility index (Phi) is 4.09. The summed E-state index contributed by atoms with van der Waals surface area (Å²) in [7, 11) is 3.21. The third-order valence-corrected chi connectivity index (χ3v) is 6.42. The van der Waals surface area contributed by atoms with Crippen molar-refractivity contribution in [3.63, 3.8) is 0 Å². The highest BCUT2D eigenvalue weighted by molar-refractivity contribution is 6.08. The van der Waals surface area contributed by atoms with Crippen LogP contribution in [0.25, 0.3) is 0 Å². The van der Waals surface area contributed by atoms with E-state index in [0.29, 0.717) is 22.6 Å². The second kappa shape index (κ2) is 5.65. The molecule has 0 bridgehead atoms. The van der Waals surface area contributed by atoms with Gasteiger partial charge in [-0.3, -0.25) is 4.79 Å². The zero-order valence-corrected chi connectivity index (χ0v) is 16.4. The molecule has 3 rings (SSSR count). The van der Waals surface area contributed by atoms with E-state index in [9.17, 15) is 9.90 Å². The molecule has 1 saturated carbocycles. The van der Waals surface area contributed by atoms with Crippen molar-refractivity contribution in [3.8, 4) is 17.2 Å². The van der Waals surface area contributed by atoms with Gasteiger partial charge in [0.2, 0.25) is 0 Å². The fraction of sp³-hybridized carbons (Fsp3) is 0.667. The standard InChI is InChI=1S/C21H30O4/c1-11(2)12-15(22)13-14(18(25-7)17(12)24-6)21(5)10-8-9-20(3,4)19(21)16(13)23/h11,19,22H,8-10H2,1-7H3/t19-,21-/m1/s1. The fourth-order valence-electron chi connectivity index (χ4n) is 5.55. The molecule has 0 aromatic heterocycles. The van der Waals surface area contributed by atoms with E-state index in [1.54, 1.807) is 14.2 Å². The molecular weight excluding hydrogens is 316 g/mol. The molecule has 4 heteroatoms. The molecule has 0 heterocycles. The molecule has 0 aliphatic heterocycles. The van der Waals surface area contributed by atoms with Crippen molar-refractivity contribution in [3.05, 3.63) is 16.7 Å². The molecule has 0 spiro atoms. The third-order valence-electron chi connectivity index (χ3n) is 6.42. The Morgan fingerprint density at radius 3 is 2.20 bits per heavy atom. The molecule has 1 aromatic carbocycles. The highest BCUT2D eigenvalue weighted by atomic mass is 16.5. The summed E-state index contributed by atoms with van der Waals surface area (Å²) in [5.41, 5.74) is 1.53. The Labute approximate surface area is 150 Å². The second-order valence-corrected chi connectivity index (χ2v) is 8.79. The zero-order valence-electron chi connectivity index (χ0n) is 16.4. The summed E-state index contributed by atoms with van der Waals surface area (Å²) in [5.74, 6) is 1.20. The maximum absolute atomic E-state index is 13.5. The summed E-state index contributed by atoms with van der Waals surface area (Å²) in [5, 5.41) is 11.1. The minimum Gasteiger partial charge on any atom is -0.507 e. The van der Waals surface area contributed by atoms with Crippen LogP contribution in [0.4, 0.5) is 0 Å². The lowest BCUT2D eigenvalue weighted by atomic mass is 9.56. The van der Waals surface area contributed by atoms with Gasteiger partial charge in [0.05, 0.1) is 19.8 Å². The van der Waals surface area contributed by atoms with Crippen LogP contribution < -0.4 is 9.47 Å². The normalized spacial score (nSPS) is 27.2. The van der Waals surface area contributed by atoms with Crippen molar-refractivity contribution < 1.29 is 19.4 Å². The van der Waals surface area contributed by atoms with E-state index in [1.165, 1.54) is 0 Å². The molecular formula is C21H30O4. The van der Waals surface area contributed by atoms with Crippen molar-refractivity contribution >= 4 is 5.78 Å². The Morgan fingerprint density at radius 1 is 1.08 bits per heavy atom. The highest BCUT2D eigenvalue weighted by Crippen LogP contribution is 2.64. The zero-order chi connectivity index (χ0) is 18.7. The molecule has 4 nitrogen and oxygen atoms in total. The van der Waals surface area contributed by atoms with Crippen molar-refractivity contribution in [2.75, 3.05) is 14.2 Å². The van der Waals surface area contributed by atoms with Crippen molar-refractivity contribution in [2.24, 2.45) is 11.3 Å². The number of aromatic hydroxyl groups is 1. The van der Waals surface area contributed by atoms with Crippen molar-refractivity contribution in [1.82, 2.24) is 0 Å². The number of Topliss-reactive ketones (excluding diaryl/α,β-unsaturated/α-hetero) is 1. The SMILES string of the molecule is COc1c(OC)c2c(c(O)c1C(C)C)C(=O)[C@@H]1C(C)(C)CCC[C@]21C. The van der Waals surface area contributed by atoms with Crippen LogP contribution in [0.2, 0.25) is 0 Å². The number of fused-ring (bicyclic) bond motifs is 3. The second-order valence-electron chi connectivity index (χ2n) is 8.79. The number of hydrogen-bond donors (Lipinski definition) is 1. The number of benzene rings is 1. The van der Waals surface area contributed by atoms with E-state index < -0.39 is 0 Å². The molecule has 2 aliphatic rings. The van der Waals surface area contributed by atoms with Gasteiger partial charge in [0.1, 0.15) is 5.75 Å². The minimum absolute atomic E-state index is 0.0189. The van der Waals surface area contributed by atoms with E-state index >= 15 is 0 Å². The molecule has 138 valence electrons. The number of phenolic OH excluding ortho intramolecular Hbond substituents is 1. The van der Waals surface area contributed by atoms with Crippen molar-refractivity contribution in [2.45, 2.75) is 65.2 Å². The Hall–Kier alpha value is -1.71. The van der Waals surface area contributed by atoms with Crippen LogP contribution in [-0.2, 0) is 5.41 Å². The molecule has 0 saturated heterocycles. The van der Waals surface area contributed by atoms with Gasteiger partial charge in [0.25, 0.3) is 0 Å². The lowest BCUT2D eigenvalue weighted by Gasteiger charge is -2.46. The van der Waals surface area contributed by atoms with Crippen LogP contribution in [0, 0.1) is 11.3 Å². The minimum atomic E-state index is -0.334. The summed E-state index contributed by atoms with van der Waals surface area (Å²) in [4.78, 5) is 13.5. The molecule has 0 unspecified atom stereocenters. The van der Waals surface area contributed by atoms with Gasteiger partial charge in [-0.25, -0.2) is 0 Å². The summed E-state index contributed by atoms with van der Waals surface area (Å²) in [6.45, 7) is 10.5. The predicted molar refractivity (Wildman–Crippen MR) is 98.1 cm³/mol. The number of methoxy groups -OCH3 is 2. The van der Waals surface area contributed by atoms with Crippen LogP contribution in [0.1, 0.15) is 81.3 Å². The first-order valence-corrected chi connectivity index (χ1v) is 9.17. The Morgan fingerprint density at radius 2 is 1.68 bits per heavy atom. The van der Waals surface area contributed by atoms with Gasteiger partial charge in [-0.2, -0.15) is 0 Å². The average Bonchev–Trinajstić information content (AvgIpc) is 2.75. The Balaban J connectivity index is 2.42. The number of carbonyl (C=O) groups excluding carboxylic acids is 1. The first kappa shape index (κ1) is 18.1. The monoisotopic (exact) mass is 346 g/mol. The molecule has 1 fully saturated rings. The number of ether oxygens (including phenoxy) is 2. The molecule has 25 heavy (non-hydrogen) atoms. The average molecular weight is 346 g/mol. The van der Waals surface area contributed by atoms with E-state index in [-0.39, 0.29) is 34.2 Å². The topological polar surface area (TPSA) is 55.8 Å². The van der Waals surface area contributed by atoms with Crippen LogP contribution >= 0.6 is 0 Å². The first-order valence-electron chi connectivity index (χ1n) is 9.17. The van der Waals surface area contributed by atoms with E-state index in [2.05, 4.69) is 20.8 Å². The molecule has 0 amide bonds. The number of ketones is 1. The number of carbonyl (C=O) groups is 1. The lowest BCUT2D eigenvalue weighted by Crippen LogP contribution is -2.44. The molecule has 0 radical (unpaired) electrons. The number of rotatable bonds is 3. The third kappa shape index (κ3) is 2.22. The summed E-state index contributed by atoms with van der Waals surface area (Å²) in [6.07, 6.45) is 2.99. The maximum atomic E-state index is 13.5. The van der Waals surface area contributed by atoms with Crippen LogP contribution in [0.3, 0.4) is 0 Å². The van der Waals surface area contributed by atoms with E-state index in [0.717, 1.165) is 24.8 Å². The summed E-state index contributed by atoms with van der Waals surface area (Å²) < 4.78 is 11.4. The van der Waals surface area contributed by atoms with Crippen LogP contribution in [-0.4, -0.2) is 25.1 Å². The van der Waals surface area contributed by atoms with Crippen LogP contribution in [0.5, 0.6) is 17.2 Å². The van der Waals surface area contributed by atoms with Gasteiger partial charge in [-0.1, -0.05) is 41.0 Å². The quantitative estimate of drug-likeness (QED) is 0.853. The smallest absolute Gasteiger partial charge is 0.171 e.